The fourth-order valence-electron chi connectivity index (χ4n) is 4.47. The van der Waals surface area contributed by atoms with E-state index in [0.29, 0.717) is 48.9 Å². The Kier molecular flexibility index (Phi) is 9.69. The third kappa shape index (κ3) is 7.27. The molecule has 0 aromatic heterocycles. The number of rotatable bonds is 11. The Morgan fingerprint density at radius 3 is 2.07 bits per heavy atom. The normalized spacial score (nSPS) is 13.8. The number of carbonyl (C=O) groups excluding carboxylic acids is 2. The van der Waals surface area contributed by atoms with E-state index in [9.17, 15) is 18.0 Å². The predicted molar refractivity (Wildman–Crippen MR) is 156 cm³/mol. The Balaban J connectivity index is 1.27. The van der Waals surface area contributed by atoms with Gasteiger partial charge in [-0.05, 0) is 48.5 Å². The van der Waals surface area contributed by atoms with Gasteiger partial charge in [0, 0.05) is 56.5 Å². The summed E-state index contributed by atoms with van der Waals surface area (Å²) >= 11 is 0. The topological polar surface area (TPSA) is 127 Å². The Morgan fingerprint density at radius 2 is 1.46 bits per heavy atom. The van der Waals surface area contributed by atoms with E-state index >= 15 is 0 Å². The molecule has 1 aliphatic heterocycles. The van der Waals surface area contributed by atoms with Crippen LogP contribution in [0.4, 0.5) is 11.4 Å². The summed E-state index contributed by atoms with van der Waals surface area (Å²) in [6.45, 7) is 1.86. The van der Waals surface area contributed by atoms with Gasteiger partial charge < -0.3 is 29.7 Å². The summed E-state index contributed by atoms with van der Waals surface area (Å²) < 4.78 is 43.7. The number of nitrogens with zero attached hydrogens (tertiary/aromatic N) is 2. The second-order valence-electron chi connectivity index (χ2n) is 9.24. The van der Waals surface area contributed by atoms with Gasteiger partial charge in [0.1, 0.15) is 17.2 Å². The van der Waals surface area contributed by atoms with Gasteiger partial charge >= 0.3 is 0 Å². The fraction of sp³-hybridized carbons (Fsp3) is 0.310. The molecule has 3 aromatic carbocycles. The van der Waals surface area contributed by atoms with Crippen LogP contribution in [0.5, 0.6) is 17.2 Å². The molecule has 11 nitrogen and oxygen atoms in total. The molecular weight excluding hydrogens is 548 g/mol. The molecule has 0 bridgehead atoms. The molecule has 0 aliphatic carbocycles. The summed E-state index contributed by atoms with van der Waals surface area (Å²) in [7, 11) is 0.912. The number of anilines is 2. The molecule has 0 saturated carbocycles. The van der Waals surface area contributed by atoms with Gasteiger partial charge in [0.2, 0.25) is 15.9 Å². The van der Waals surface area contributed by atoms with Crippen molar-refractivity contribution in [3.8, 4) is 17.2 Å². The van der Waals surface area contributed by atoms with Crippen molar-refractivity contribution < 1.29 is 32.2 Å². The van der Waals surface area contributed by atoms with Crippen molar-refractivity contribution in [3.63, 3.8) is 0 Å². The minimum atomic E-state index is -3.69. The van der Waals surface area contributed by atoms with Gasteiger partial charge in [-0.1, -0.05) is 12.1 Å². The van der Waals surface area contributed by atoms with Crippen molar-refractivity contribution in [3.05, 3.63) is 72.3 Å². The highest BCUT2D eigenvalue weighted by atomic mass is 32.2. The maximum Gasteiger partial charge on any atom is 0.251 e. The second-order valence-corrected chi connectivity index (χ2v) is 11.2. The van der Waals surface area contributed by atoms with E-state index in [1.165, 1.54) is 30.7 Å². The molecule has 2 N–H and O–H groups in total. The van der Waals surface area contributed by atoms with Crippen molar-refractivity contribution >= 4 is 33.2 Å². The first-order chi connectivity index (χ1) is 19.7. The number of carbonyl (C=O) groups is 2. The smallest absolute Gasteiger partial charge is 0.251 e. The molecule has 41 heavy (non-hydrogen) atoms. The maximum absolute atomic E-state index is 13.2. The Hall–Kier alpha value is -4.29. The van der Waals surface area contributed by atoms with Crippen LogP contribution in [0.3, 0.4) is 0 Å². The number of benzene rings is 3. The van der Waals surface area contributed by atoms with E-state index in [2.05, 4.69) is 15.5 Å². The Morgan fingerprint density at radius 1 is 0.829 bits per heavy atom. The summed E-state index contributed by atoms with van der Waals surface area (Å²) in [6, 6.07) is 18.5. The lowest BCUT2D eigenvalue weighted by Crippen LogP contribution is -2.48. The van der Waals surface area contributed by atoms with Crippen molar-refractivity contribution in [1.82, 2.24) is 9.62 Å². The predicted octanol–water partition coefficient (Wildman–Crippen LogP) is 2.98. The lowest BCUT2D eigenvalue weighted by Gasteiger charge is -2.35. The van der Waals surface area contributed by atoms with Gasteiger partial charge in [-0.15, -0.1) is 0 Å². The monoisotopic (exact) mass is 582 g/mol. The van der Waals surface area contributed by atoms with E-state index in [4.69, 9.17) is 14.2 Å². The molecule has 4 rings (SSSR count). The first kappa shape index (κ1) is 29.7. The molecule has 12 heteroatoms. The summed E-state index contributed by atoms with van der Waals surface area (Å²) in [5, 5.41) is 5.43. The highest BCUT2D eigenvalue weighted by Gasteiger charge is 2.29. The summed E-state index contributed by atoms with van der Waals surface area (Å²) in [6.07, 6.45) is 0.0311. The quantitative estimate of drug-likeness (QED) is 0.354. The van der Waals surface area contributed by atoms with Crippen LogP contribution in [0.25, 0.3) is 0 Å². The van der Waals surface area contributed by atoms with E-state index in [-0.39, 0.29) is 29.7 Å². The van der Waals surface area contributed by atoms with Crippen molar-refractivity contribution in [2.75, 3.05) is 64.3 Å². The van der Waals surface area contributed by atoms with Crippen LogP contribution >= 0.6 is 0 Å². The van der Waals surface area contributed by atoms with Gasteiger partial charge in [-0.2, -0.15) is 4.31 Å². The Labute approximate surface area is 240 Å². The molecular formula is C29H34N4O7S. The van der Waals surface area contributed by atoms with Gasteiger partial charge in [0.15, 0.2) is 0 Å². The van der Waals surface area contributed by atoms with Crippen LogP contribution in [-0.4, -0.2) is 78.6 Å². The third-order valence-electron chi connectivity index (χ3n) is 6.69. The highest BCUT2D eigenvalue weighted by molar-refractivity contribution is 7.89. The number of hydrogen-bond donors (Lipinski definition) is 2. The number of amides is 2. The molecule has 1 aliphatic rings. The van der Waals surface area contributed by atoms with E-state index in [0.717, 1.165) is 11.4 Å². The van der Waals surface area contributed by atoms with Crippen LogP contribution in [0.1, 0.15) is 16.8 Å². The average Bonchev–Trinajstić information content (AvgIpc) is 3.01. The third-order valence-corrected chi connectivity index (χ3v) is 8.60. The van der Waals surface area contributed by atoms with Gasteiger partial charge in [-0.25, -0.2) is 8.42 Å². The van der Waals surface area contributed by atoms with Crippen molar-refractivity contribution in [2.24, 2.45) is 0 Å². The molecule has 1 heterocycles. The molecule has 0 spiro atoms. The fourth-order valence-corrected chi connectivity index (χ4v) is 5.90. The number of methoxy groups -OCH3 is 3. The van der Waals surface area contributed by atoms with Crippen LogP contribution in [-0.2, 0) is 14.8 Å². The molecule has 3 aromatic rings. The van der Waals surface area contributed by atoms with Crippen LogP contribution < -0.4 is 29.7 Å². The molecule has 2 amide bonds. The molecule has 0 atom stereocenters. The first-order valence-corrected chi connectivity index (χ1v) is 14.5. The SMILES string of the molecule is COc1cc(OC)cc(C(=O)NCCC(=O)Nc2ccc(S(=O)(=O)N3CCN(c4ccccc4OC)CC3)cc2)c1. The van der Waals surface area contributed by atoms with Gasteiger partial charge in [0.25, 0.3) is 5.91 Å². The van der Waals surface area contributed by atoms with E-state index in [1.807, 2.05) is 24.3 Å². The second kappa shape index (κ2) is 13.4. The van der Waals surface area contributed by atoms with Crippen molar-refractivity contribution in [2.45, 2.75) is 11.3 Å². The molecule has 0 unspecified atom stereocenters. The number of sulfonamides is 1. The van der Waals surface area contributed by atoms with E-state index in [1.54, 1.807) is 37.4 Å². The highest BCUT2D eigenvalue weighted by Crippen LogP contribution is 2.29. The average molecular weight is 583 g/mol. The number of ether oxygens (including phenoxy) is 3. The van der Waals surface area contributed by atoms with Gasteiger partial charge in [-0.3, -0.25) is 9.59 Å². The zero-order chi connectivity index (χ0) is 29.4. The Bertz CT molecular complexity index is 1450. The van der Waals surface area contributed by atoms with Crippen LogP contribution in [0.2, 0.25) is 0 Å². The number of para-hydroxylation sites is 2. The molecule has 218 valence electrons. The van der Waals surface area contributed by atoms with Crippen molar-refractivity contribution in [1.29, 1.82) is 0 Å². The van der Waals surface area contributed by atoms with Gasteiger partial charge in [0.05, 0.1) is 31.9 Å². The first-order valence-electron chi connectivity index (χ1n) is 13.0. The standard InChI is InChI=1S/C29H34N4O7S/c1-38-23-18-21(19-24(20-23)39-2)29(35)30-13-12-28(34)31-22-8-10-25(11-9-22)41(36,37)33-16-14-32(15-17-33)26-6-4-5-7-27(26)40-3/h4-11,18-20H,12-17H2,1-3H3,(H,30,35)(H,31,34). The lowest BCUT2D eigenvalue weighted by molar-refractivity contribution is -0.116. The molecule has 0 radical (unpaired) electrons. The zero-order valence-corrected chi connectivity index (χ0v) is 24.1. The minimum absolute atomic E-state index is 0.0311. The maximum atomic E-state index is 13.2. The number of hydrogen-bond acceptors (Lipinski definition) is 8. The minimum Gasteiger partial charge on any atom is -0.497 e. The summed E-state index contributed by atoms with van der Waals surface area (Å²) in [4.78, 5) is 27.2. The van der Waals surface area contributed by atoms with Crippen LogP contribution in [0, 0.1) is 0 Å². The van der Waals surface area contributed by atoms with E-state index < -0.39 is 10.0 Å². The zero-order valence-electron chi connectivity index (χ0n) is 23.3. The number of piperazine rings is 1. The molecule has 1 saturated heterocycles. The largest absolute Gasteiger partial charge is 0.497 e. The van der Waals surface area contributed by atoms with Crippen LogP contribution in [0.15, 0.2) is 71.6 Å². The summed E-state index contributed by atoms with van der Waals surface area (Å²) in [5.41, 5.74) is 1.74. The summed E-state index contributed by atoms with van der Waals surface area (Å²) in [5.74, 6) is 1.02. The molecule has 1 fully saturated rings. The lowest BCUT2D eigenvalue weighted by atomic mass is 10.2. The number of nitrogens with one attached hydrogen (secondary N) is 2.